The van der Waals surface area contributed by atoms with Gasteiger partial charge in [-0.1, -0.05) is 23.3 Å². The maximum absolute atomic E-state index is 14.3. The number of hydrogen-bond donors (Lipinski definition) is 5. The number of phenols is 1. The molecule has 1 aromatic rings. The lowest BCUT2D eigenvalue weighted by molar-refractivity contribution is -0.148. The highest BCUT2D eigenvalue weighted by atomic mass is 16.3. The van der Waals surface area contributed by atoms with E-state index < -0.39 is 58.0 Å². The van der Waals surface area contributed by atoms with Crippen LogP contribution in [-0.4, -0.2) is 101 Å². The number of anilines is 1. The number of likely N-dealkylation sites (N-methyl/N-ethyl adjacent to an activating group) is 1. The van der Waals surface area contributed by atoms with E-state index in [2.05, 4.69) is 17.1 Å². The van der Waals surface area contributed by atoms with Gasteiger partial charge in [0.05, 0.1) is 11.6 Å². The summed E-state index contributed by atoms with van der Waals surface area (Å²) in [5, 5.41) is 46.2. The Kier molecular flexibility index (Phi) is 9.40. The minimum atomic E-state index is -2.67. The topological polar surface area (TPSA) is 168 Å². The quantitative estimate of drug-likeness (QED) is 0.204. The van der Waals surface area contributed by atoms with Gasteiger partial charge in [0.2, 0.25) is 5.78 Å². The van der Waals surface area contributed by atoms with Gasteiger partial charge in [0.1, 0.15) is 22.8 Å². The fourth-order valence-corrected chi connectivity index (χ4v) is 6.94. The summed E-state index contributed by atoms with van der Waals surface area (Å²) in [6.45, 7) is 9.62. The second-order valence-electron chi connectivity index (χ2n) is 13.4. The van der Waals surface area contributed by atoms with Crippen molar-refractivity contribution in [3.8, 4) is 5.75 Å². The monoisotopic (exact) mass is 622 g/mol. The van der Waals surface area contributed by atoms with Crippen LogP contribution in [0.25, 0.3) is 0 Å². The van der Waals surface area contributed by atoms with Gasteiger partial charge in [-0.15, -0.1) is 0 Å². The molecular weight excluding hydrogens is 576 g/mol. The van der Waals surface area contributed by atoms with Crippen LogP contribution in [0.15, 0.2) is 52.0 Å². The number of nitrogens with two attached hydrogens (primary N) is 1. The second-order valence-corrected chi connectivity index (χ2v) is 13.4. The lowest BCUT2D eigenvalue weighted by Gasteiger charge is -2.50. The van der Waals surface area contributed by atoms with E-state index in [0.717, 1.165) is 16.8 Å². The molecule has 0 radical (unpaired) electrons. The number of Topliss-reactive ketones (excluding diaryl/α,β-unsaturated/α-hetero) is 2. The average Bonchev–Trinajstić information content (AvgIpc) is 2.92. The predicted molar refractivity (Wildman–Crippen MR) is 172 cm³/mol. The lowest BCUT2D eigenvalue weighted by atomic mass is 9.58. The van der Waals surface area contributed by atoms with Crippen LogP contribution in [0, 0.1) is 11.8 Å². The van der Waals surface area contributed by atoms with Crippen molar-refractivity contribution in [1.29, 1.82) is 0 Å². The summed E-state index contributed by atoms with van der Waals surface area (Å²) < 4.78 is 0. The van der Waals surface area contributed by atoms with Crippen molar-refractivity contribution in [3.05, 3.63) is 68.7 Å². The summed E-state index contributed by atoms with van der Waals surface area (Å²) in [7, 11) is 6.91. The molecule has 0 aliphatic heterocycles. The van der Waals surface area contributed by atoms with Crippen LogP contribution >= 0.6 is 0 Å². The van der Waals surface area contributed by atoms with Crippen molar-refractivity contribution in [1.82, 2.24) is 9.80 Å². The van der Waals surface area contributed by atoms with Crippen LogP contribution in [0.2, 0.25) is 0 Å². The molecule has 0 fully saturated rings. The number of rotatable bonds is 9. The minimum absolute atomic E-state index is 0.0151. The first-order valence-electron chi connectivity index (χ1n) is 15.1. The molecule has 1 aromatic carbocycles. The van der Waals surface area contributed by atoms with E-state index in [1.54, 1.807) is 14.1 Å². The molecule has 6 N–H and O–H groups in total. The maximum Gasteiger partial charge on any atom is 0.255 e. The Hall–Kier alpha value is -3.93. The van der Waals surface area contributed by atoms with E-state index in [1.165, 1.54) is 4.90 Å². The zero-order valence-corrected chi connectivity index (χ0v) is 27.4. The van der Waals surface area contributed by atoms with E-state index in [1.807, 2.05) is 52.8 Å². The molecule has 3 aliphatic carbocycles. The van der Waals surface area contributed by atoms with Gasteiger partial charge in [-0.3, -0.25) is 24.2 Å². The number of aromatic hydroxyl groups is 1. The van der Waals surface area contributed by atoms with E-state index in [4.69, 9.17) is 5.73 Å². The number of carbonyl (C=O) groups is 3. The van der Waals surface area contributed by atoms with Crippen LogP contribution in [0.4, 0.5) is 5.69 Å². The molecule has 3 aliphatic rings. The summed E-state index contributed by atoms with van der Waals surface area (Å²) >= 11 is 0. The Balaban J connectivity index is 1.90. The lowest BCUT2D eigenvalue weighted by Crippen LogP contribution is -2.63. The van der Waals surface area contributed by atoms with Gasteiger partial charge in [0.25, 0.3) is 5.91 Å². The Bertz CT molecular complexity index is 1540. The molecule has 0 saturated carbocycles. The molecule has 0 heterocycles. The standard InChI is InChI=1S/C34H46N4O7/c1-17(2)9-11-38(12-10-18(3)4)16-20-15-23(36(5)6)21-13-19-14-22-27(37(7)8)30(41)26(33(35)44)32(43)34(22,45)31(42)24(19)29(40)25(21)28(20)39/h9-10,15,19,22,27,39,41-42,45H,11-14,16H2,1-8H3,(H2,35,44)/t19-,22-,27-,34-/m0/s1. The highest BCUT2D eigenvalue weighted by Gasteiger charge is 2.63. The normalized spacial score (nSPS) is 24.4. The van der Waals surface area contributed by atoms with Crippen molar-refractivity contribution in [3.63, 3.8) is 0 Å². The summed E-state index contributed by atoms with van der Waals surface area (Å²) in [4.78, 5) is 45.7. The Morgan fingerprint density at radius 3 is 2.09 bits per heavy atom. The van der Waals surface area contributed by atoms with Crippen molar-refractivity contribution >= 4 is 23.2 Å². The van der Waals surface area contributed by atoms with Crippen LogP contribution in [0.5, 0.6) is 5.75 Å². The average molecular weight is 623 g/mol. The molecule has 0 spiro atoms. The number of primary amides is 1. The van der Waals surface area contributed by atoms with Crippen molar-refractivity contribution in [2.24, 2.45) is 17.6 Å². The number of amides is 1. The van der Waals surface area contributed by atoms with Crippen molar-refractivity contribution in [2.45, 2.75) is 58.7 Å². The minimum Gasteiger partial charge on any atom is -0.510 e. The summed E-state index contributed by atoms with van der Waals surface area (Å²) in [6.07, 6.45) is 4.46. The molecular formula is C34H46N4O7. The largest absolute Gasteiger partial charge is 0.510 e. The highest BCUT2D eigenvalue weighted by molar-refractivity contribution is 6.25. The van der Waals surface area contributed by atoms with E-state index in [9.17, 15) is 34.8 Å². The number of carbonyl (C=O) groups excluding carboxylic acids is 3. The van der Waals surface area contributed by atoms with Gasteiger partial charge in [0, 0.05) is 56.5 Å². The molecule has 4 atom stereocenters. The number of hydrogen-bond acceptors (Lipinski definition) is 10. The molecule has 0 aromatic heterocycles. The molecule has 11 nitrogen and oxygen atoms in total. The van der Waals surface area contributed by atoms with Gasteiger partial charge in [0.15, 0.2) is 11.4 Å². The van der Waals surface area contributed by atoms with Crippen LogP contribution in [0.1, 0.15) is 55.6 Å². The third-order valence-electron chi connectivity index (χ3n) is 9.17. The van der Waals surface area contributed by atoms with E-state index >= 15 is 0 Å². The number of aliphatic hydroxyl groups excluding tert-OH is 2. The first-order chi connectivity index (χ1) is 20.9. The van der Waals surface area contributed by atoms with Crippen molar-refractivity contribution < 1.29 is 34.8 Å². The van der Waals surface area contributed by atoms with Crippen LogP contribution in [-0.2, 0) is 22.6 Å². The van der Waals surface area contributed by atoms with Crippen molar-refractivity contribution in [2.75, 3.05) is 46.2 Å². The fourth-order valence-electron chi connectivity index (χ4n) is 6.94. The molecule has 45 heavy (non-hydrogen) atoms. The van der Waals surface area contributed by atoms with E-state index in [-0.39, 0.29) is 29.7 Å². The smallest absolute Gasteiger partial charge is 0.255 e. The third kappa shape index (κ3) is 5.80. The number of phenolic OH excluding ortho intramolecular Hbond substituents is 1. The number of fused-ring (bicyclic) bond motifs is 3. The molecule has 0 unspecified atom stereocenters. The van der Waals surface area contributed by atoms with Gasteiger partial charge >= 0.3 is 0 Å². The van der Waals surface area contributed by atoms with Crippen LogP contribution < -0.4 is 10.6 Å². The zero-order chi connectivity index (χ0) is 33.7. The SMILES string of the molecule is CC(C)=CCN(CC=C(C)C)Cc1cc(N(C)C)c2c(c1O)C(=O)C1=C(O)[C@]3(O)C(=O)C(C(N)=O)=C(O)[C@@H](N(C)C)[C@@H]3C[C@@H]1C2. The zero-order valence-electron chi connectivity index (χ0n) is 27.4. The first-order valence-corrected chi connectivity index (χ1v) is 15.1. The Morgan fingerprint density at radius 2 is 1.60 bits per heavy atom. The molecule has 4 rings (SSSR count). The molecule has 11 heteroatoms. The number of nitrogens with zero attached hydrogens (tertiary/aromatic N) is 3. The molecule has 1 amide bonds. The molecule has 244 valence electrons. The first kappa shape index (κ1) is 34.0. The van der Waals surface area contributed by atoms with Gasteiger partial charge in [-0.25, -0.2) is 0 Å². The van der Waals surface area contributed by atoms with Gasteiger partial charge < -0.3 is 31.1 Å². The second kappa shape index (κ2) is 12.5. The number of ketones is 2. The maximum atomic E-state index is 14.3. The summed E-state index contributed by atoms with van der Waals surface area (Å²) in [6, 6.07) is 0.848. The molecule has 0 bridgehead atoms. The Labute approximate surface area is 264 Å². The fraction of sp³-hybridized carbons (Fsp3) is 0.500. The third-order valence-corrected chi connectivity index (χ3v) is 9.17. The Morgan fingerprint density at radius 1 is 1.02 bits per heavy atom. The highest BCUT2D eigenvalue weighted by Crippen LogP contribution is 2.53. The van der Waals surface area contributed by atoms with Gasteiger partial charge in [-0.2, -0.15) is 0 Å². The van der Waals surface area contributed by atoms with E-state index in [0.29, 0.717) is 30.8 Å². The van der Waals surface area contributed by atoms with Crippen LogP contribution in [0.3, 0.4) is 0 Å². The van der Waals surface area contributed by atoms with Gasteiger partial charge in [-0.05, 0) is 72.2 Å². The summed E-state index contributed by atoms with van der Waals surface area (Å²) in [5.74, 6) is -6.57. The number of aliphatic hydroxyl groups is 3. The number of allylic oxidation sites excluding steroid dienone is 3. The molecule has 0 saturated heterocycles. The predicted octanol–water partition coefficient (Wildman–Crippen LogP) is 2.92. The number of benzene rings is 1. The summed E-state index contributed by atoms with van der Waals surface area (Å²) in [5.41, 5.74) is 5.93.